The Morgan fingerprint density at radius 1 is 1.30 bits per heavy atom. The van der Waals surface area contributed by atoms with E-state index in [0.717, 1.165) is 44.1 Å². The molecular formula is C26H36FNO5. The van der Waals surface area contributed by atoms with Crippen LogP contribution in [0.2, 0.25) is 0 Å². The van der Waals surface area contributed by atoms with E-state index in [1.165, 1.54) is 25.9 Å². The van der Waals surface area contributed by atoms with Crippen molar-refractivity contribution in [3.63, 3.8) is 0 Å². The number of hydrogen-bond donors (Lipinski definition) is 1. The van der Waals surface area contributed by atoms with Gasteiger partial charge in [-0.25, -0.2) is 9.18 Å². The summed E-state index contributed by atoms with van der Waals surface area (Å²) in [4.78, 5) is 24.7. The van der Waals surface area contributed by atoms with Gasteiger partial charge in [-0.15, -0.1) is 0 Å². The summed E-state index contributed by atoms with van der Waals surface area (Å²) in [5.41, 5.74) is 1.97. The second kappa shape index (κ2) is 10.7. The predicted molar refractivity (Wildman–Crippen MR) is 124 cm³/mol. The van der Waals surface area contributed by atoms with Gasteiger partial charge in [0, 0.05) is 18.6 Å². The second-order valence-corrected chi connectivity index (χ2v) is 9.73. The summed E-state index contributed by atoms with van der Waals surface area (Å²) in [5, 5.41) is 2.51. The van der Waals surface area contributed by atoms with E-state index in [4.69, 9.17) is 14.2 Å². The van der Waals surface area contributed by atoms with Gasteiger partial charge in [-0.1, -0.05) is 26.0 Å². The third kappa shape index (κ3) is 6.14. The molecule has 0 aromatic heterocycles. The van der Waals surface area contributed by atoms with Crippen LogP contribution in [0.1, 0.15) is 74.2 Å². The number of esters is 1. The molecule has 2 aliphatic rings. The number of carbonyl (C=O) groups is 2. The minimum Gasteiger partial charge on any atom is -0.493 e. The standard InChI is InChI=1S/C26H36FNO5/c1-6-26(12-16(2)9-17(3)13-26)15-33-23-11-21(27)20(10-19(23)18-7-8-18)24(29)28-22(14-31-4)25(30)32-5/h10-11,17-18,22H,2,6-9,12-15H2,1,3-5H3,(H,28,29)/t17?,22-,26?/m0/s1. The topological polar surface area (TPSA) is 73.9 Å². The van der Waals surface area contributed by atoms with Gasteiger partial charge in [0.25, 0.3) is 5.91 Å². The molecule has 33 heavy (non-hydrogen) atoms. The van der Waals surface area contributed by atoms with Gasteiger partial charge >= 0.3 is 5.97 Å². The Bertz CT molecular complexity index is 897. The Labute approximate surface area is 195 Å². The van der Waals surface area contributed by atoms with Gasteiger partial charge in [0.15, 0.2) is 6.04 Å². The van der Waals surface area contributed by atoms with Gasteiger partial charge < -0.3 is 19.5 Å². The number of amides is 1. The predicted octanol–water partition coefficient (Wildman–Crippen LogP) is 4.77. The number of benzene rings is 1. The lowest BCUT2D eigenvalue weighted by Crippen LogP contribution is -2.44. The highest BCUT2D eigenvalue weighted by molar-refractivity contribution is 5.97. The first kappa shape index (κ1) is 25.2. The van der Waals surface area contributed by atoms with E-state index < -0.39 is 23.7 Å². The minimum atomic E-state index is -1.02. The van der Waals surface area contributed by atoms with Crippen LogP contribution in [0.3, 0.4) is 0 Å². The molecule has 6 nitrogen and oxygen atoms in total. The van der Waals surface area contributed by atoms with Crippen LogP contribution in [0.25, 0.3) is 0 Å². The first-order chi connectivity index (χ1) is 15.7. The van der Waals surface area contributed by atoms with Crippen LogP contribution in [-0.2, 0) is 14.3 Å². The van der Waals surface area contributed by atoms with Gasteiger partial charge in [-0.3, -0.25) is 4.79 Å². The number of ether oxygens (including phenoxy) is 3. The van der Waals surface area contributed by atoms with E-state index in [-0.39, 0.29) is 23.5 Å². The maximum Gasteiger partial charge on any atom is 0.330 e. The number of hydrogen-bond acceptors (Lipinski definition) is 5. The van der Waals surface area contributed by atoms with Gasteiger partial charge in [0.2, 0.25) is 0 Å². The molecule has 2 fully saturated rings. The van der Waals surface area contributed by atoms with Gasteiger partial charge in [0.05, 0.1) is 25.9 Å². The van der Waals surface area contributed by atoms with Crippen molar-refractivity contribution < 1.29 is 28.2 Å². The van der Waals surface area contributed by atoms with Crippen molar-refractivity contribution in [2.75, 3.05) is 27.4 Å². The number of methoxy groups -OCH3 is 2. The quantitative estimate of drug-likeness (QED) is 0.401. The fraction of sp³-hybridized carbons (Fsp3) is 0.615. The zero-order valence-electron chi connectivity index (χ0n) is 20.2. The Morgan fingerprint density at radius 3 is 2.61 bits per heavy atom. The summed E-state index contributed by atoms with van der Waals surface area (Å²) < 4.78 is 31.0. The molecule has 0 spiro atoms. The molecule has 0 radical (unpaired) electrons. The number of carbonyl (C=O) groups excluding carboxylic acids is 2. The highest BCUT2D eigenvalue weighted by Gasteiger charge is 2.37. The molecule has 1 aromatic carbocycles. The Balaban J connectivity index is 1.81. The summed E-state index contributed by atoms with van der Waals surface area (Å²) >= 11 is 0. The summed E-state index contributed by atoms with van der Waals surface area (Å²) in [6.07, 6.45) is 5.94. The summed E-state index contributed by atoms with van der Waals surface area (Å²) in [6, 6.07) is 1.87. The van der Waals surface area contributed by atoms with E-state index in [2.05, 4.69) is 25.7 Å². The van der Waals surface area contributed by atoms with Crippen molar-refractivity contribution in [2.24, 2.45) is 11.3 Å². The third-order valence-corrected chi connectivity index (χ3v) is 6.81. The SMILES string of the molecule is C=C1CC(C)CC(CC)(COc2cc(F)c(C(=O)N[C@@H](COC)C(=O)OC)cc2C2CC2)C1. The lowest BCUT2D eigenvalue weighted by molar-refractivity contribution is -0.144. The number of allylic oxidation sites excluding steroid dienone is 1. The first-order valence-corrected chi connectivity index (χ1v) is 11.7. The summed E-state index contributed by atoms with van der Waals surface area (Å²) in [6.45, 7) is 9.05. The Morgan fingerprint density at radius 2 is 2.03 bits per heavy atom. The summed E-state index contributed by atoms with van der Waals surface area (Å²) in [7, 11) is 2.63. The molecule has 3 atom stereocenters. The molecule has 0 aliphatic heterocycles. The maximum atomic E-state index is 15.0. The van der Waals surface area contributed by atoms with Crippen molar-refractivity contribution in [3.05, 3.63) is 41.2 Å². The normalized spacial score (nSPS) is 23.7. The zero-order valence-corrected chi connectivity index (χ0v) is 20.2. The van der Waals surface area contributed by atoms with Crippen molar-refractivity contribution in [3.8, 4) is 5.75 Å². The Kier molecular flexibility index (Phi) is 8.16. The minimum absolute atomic E-state index is 0.00399. The highest BCUT2D eigenvalue weighted by Crippen LogP contribution is 2.47. The molecule has 3 rings (SSSR count). The van der Waals surface area contributed by atoms with Gasteiger partial charge in [-0.05, 0) is 62.0 Å². The molecule has 2 aliphatic carbocycles. The number of nitrogens with one attached hydrogen (secondary N) is 1. The summed E-state index contributed by atoms with van der Waals surface area (Å²) in [5.74, 6) is -0.711. The van der Waals surface area contributed by atoms with Crippen LogP contribution in [0.4, 0.5) is 4.39 Å². The molecule has 1 N–H and O–H groups in total. The highest BCUT2D eigenvalue weighted by atomic mass is 19.1. The maximum absolute atomic E-state index is 15.0. The smallest absolute Gasteiger partial charge is 0.330 e. The van der Waals surface area contributed by atoms with Crippen molar-refractivity contribution in [2.45, 2.75) is 64.3 Å². The molecule has 2 saturated carbocycles. The van der Waals surface area contributed by atoms with Crippen LogP contribution in [-0.4, -0.2) is 45.4 Å². The Hall–Kier alpha value is -2.41. The van der Waals surface area contributed by atoms with Gasteiger partial charge in [-0.2, -0.15) is 0 Å². The van der Waals surface area contributed by atoms with Crippen LogP contribution in [0.15, 0.2) is 24.3 Å². The van der Waals surface area contributed by atoms with Crippen molar-refractivity contribution in [1.82, 2.24) is 5.32 Å². The van der Waals surface area contributed by atoms with E-state index >= 15 is 4.39 Å². The fourth-order valence-electron chi connectivity index (χ4n) is 4.99. The lowest BCUT2D eigenvalue weighted by atomic mass is 9.67. The third-order valence-electron chi connectivity index (χ3n) is 6.81. The lowest BCUT2D eigenvalue weighted by Gasteiger charge is -2.40. The monoisotopic (exact) mass is 461 g/mol. The molecule has 0 saturated heterocycles. The van der Waals surface area contributed by atoms with Crippen LogP contribution >= 0.6 is 0 Å². The van der Waals surface area contributed by atoms with Crippen molar-refractivity contribution in [1.29, 1.82) is 0 Å². The first-order valence-electron chi connectivity index (χ1n) is 11.7. The average Bonchev–Trinajstić information content (AvgIpc) is 3.61. The molecule has 182 valence electrons. The van der Waals surface area contributed by atoms with E-state index in [1.807, 2.05) is 0 Å². The van der Waals surface area contributed by atoms with E-state index in [9.17, 15) is 9.59 Å². The molecule has 7 heteroatoms. The second-order valence-electron chi connectivity index (χ2n) is 9.73. The molecule has 0 heterocycles. The average molecular weight is 462 g/mol. The van der Waals surface area contributed by atoms with E-state index in [0.29, 0.717) is 18.3 Å². The largest absolute Gasteiger partial charge is 0.493 e. The molecule has 1 aromatic rings. The van der Waals surface area contributed by atoms with Crippen molar-refractivity contribution >= 4 is 11.9 Å². The molecular weight excluding hydrogens is 425 g/mol. The van der Waals surface area contributed by atoms with Crippen LogP contribution in [0, 0.1) is 17.2 Å². The molecule has 0 bridgehead atoms. The number of rotatable bonds is 10. The van der Waals surface area contributed by atoms with Gasteiger partial charge in [0.1, 0.15) is 11.6 Å². The van der Waals surface area contributed by atoms with Crippen LogP contribution in [0.5, 0.6) is 5.75 Å². The number of halogens is 1. The zero-order chi connectivity index (χ0) is 24.2. The molecule has 1 amide bonds. The van der Waals surface area contributed by atoms with Crippen LogP contribution < -0.4 is 10.1 Å². The fourth-order valence-corrected chi connectivity index (χ4v) is 4.99. The van der Waals surface area contributed by atoms with E-state index in [1.54, 1.807) is 6.07 Å². The molecule has 2 unspecified atom stereocenters.